The molecule has 0 aliphatic carbocycles. The molecule has 1 aromatic rings. The van der Waals surface area contributed by atoms with Gasteiger partial charge in [0, 0.05) is 6.54 Å². The van der Waals surface area contributed by atoms with E-state index in [1.165, 1.54) is 0 Å². The Kier molecular flexibility index (Phi) is 2.73. The van der Waals surface area contributed by atoms with E-state index in [2.05, 4.69) is 0 Å². The molecule has 0 bridgehead atoms. The van der Waals surface area contributed by atoms with Crippen molar-refractivity contribution in [1.82, 2.24) is 4.90 Å². The van der Waals surface area contributed by atoms with Crippen molar-refractivity contribution in [2.24, 2.45) is 0 Å². The minimum Gasteiger partial charge on any atom is -0.449 e. The summed E-state index contributed by atoms with van der Waals surface area (Å²) in [6.45, 7) is -3.67. The number of rotatable bonds is 3. The summed E-state index contributed by atoms with van der Waals surface area (Å²) < 4.78 is 36.7. The Morgan fingerprint density at radius 2 is 1.73 bits per heavy atom. The maximum atomic E-state index is 12.2. The molecule has 0 saturated carbocycles. The molecule has 0 amide bonds. The summed E-state index contributed by atoms with van der Waals surface area (Å²) in [5, 5.41) is 0. The van der Waals surface area contributed by atoms with E-state index in [0.29, 0.717) is 6.54 Å². The lowest BCUT2D eigenvalue weighted by Gasteiger charge is -2.44. The molecule has 1 aliphatic heterocycles. The molecule has 1 aliphatic rings. The van der Waals surface area contributed by atoms with Gasteiger partial charge in [-0.05, 0) is 24.5 Å². The molecule has 0 atom stereocenters. The van der Waals surface area contributed by atoms with Gasteiger partial charge < -0.3 is 17.8 Å². The highest BCUT2D eigenvalue weighted by Crippen LogP contribution is 2.35. The van der Waals surface area contributed by atoms with E-state index >= 15 is 0 Å². The molecule has 5 heteroatoms. The number of halogens is 3. The van der Waals surface area contributed by atoms with Crippen LogP contribution in [0.4, 0.5) is 12.9 Å². The second-order valence-corrected chi connectivity index (χ2v) is 4.07. The van der Waals surface area contributed by atoms with Gasteiger partial charge in [0.2, 0.25) is 0 Å². The number of hydrogen-bond acceptors (Lipinski definition) is 1. The van der Waals surface area contributed by atoms with Crippen molar-refractivity contribution in [3.63, 3.8) is 0 Å². The molecule has 15 heavy (non-hydrogen) atoms. The molecule has 2 rings (SSSR count). The van der Waals surface area contributed by atoms with Crippen LogP contribution in [0.2, 0.25) is 5.82 Å². The van der Waals surface area contributed by atoms with Crippen molar-refractivity contribution in [1.29, 1.82) is 0 Å². The summed E-state index contributed by atoms with van der Waals surface area (Å²) >= 11 is 0. The number of likely N-dealkylation sites (tertiary alicyclic amines) is 1. The summed E-state index contributed by atoms with van der Waals surface area (Å²) in [5.74, 6) is -1.06. The predicted octanol–water partition coefficient (Wildman–Crippen LogP) is 2.72. The molecule has 0 spiro atoms. The third-order valence-electron chi connectivity index (χ3n) is 2.77. The van der Waals surface area contributed by atoms with Crippen LogP contribution in [0.1, 0.15) is 5.56 Å². The van der Waals surface area contributed by atoms with Crippen molar-refractivity contribution < 1.29 is 12.9 Å². The molecular weight excluding hydrogens is 202 g/mol. The summed E-state index contributed by atoms with van der Waals surface area (Å²) in [4.78, 5) is 1.83. The van der Waals surface area contributed by atoms with Crippen molar-refractivity contribution in [3.05, 3.63) is 35.9 Å². The zero-order valence-electron chi connectivity index (χ0n) is 8.24. The lowest BCUT2D eigenvalue weighted by molar-refractivity contribution is 0.147. The van der Waals surface area contributed by atoms with E-state index in [1.807, 2.05) is 35.2 Å². The molecule has 1 saturated heterocycles. The highest BCUT2D eigenvalue weighted by Gasteiger charge is 2.42. The van der Waals surface area contributed by atoms with E-state index in [4.69, 9.17) is 0 Å². The smallest absolute Gasteiger partial charge is 0.449 e. The van der Waals surface area contributed by atoms with Crippen LogP contribution in [-0.2, 0) is 6.54 Å². The number of hydrogen-bond donors (Lipinski definition) is 0. The van der Waals surface area contributed by atoms with Crippen LogP contribution < -0.4 is 0 Å². The van der Waals surface area contributed by atoms with E-state index in [-0.39, 0.29) is 13.1 Å². The molecule has 0 aromatic heterocycles. The fraction of sp³-hybridized carbons (Fsp3) is 0.400. The average molecular weight is 214 g/mol. The SMILES string of the molecule is F[B-](F)(F)C1CN(Cc2ccccc2)C1. The van der Waals surface area contributed by atoms with Crippen LogP contribution in [0, 0.1) is 0 Å². The standard InChI is InChI=1S/C10H12BF3N/c12-11(13,14)10-7-15(8-10)6-9-4-2-1-3-5-9/h1-5,10H,6-8H2/q-1. The van der Waals surface area contributed by atoms with Crippen molar-refractivity contribution in [3.8, 4) is 0 Å². The minimum absolute atomic E-state index is 0.165. The molecule has 0 N–H and O–H groups in total. The van der Waals surface area contributed by atoms with Crippen LogP contribution in [0.5, 0.6) is 0 Å². The van der Waals surface area contributed by atoms with Crippen LogP contribution >= 0.6 is 0 Å². The second-order valence-electron chi connectivity index (χ2n) is 4.07. The molecule has 0 radical (unpaired) electrons. The first-order chi connectivity index (χ1) is 7.05. The van der Waals surface area contributed by atoms with Gasteiger partial charge in [0.25, 0.3) is 0 Å². The maximum Gasteiger partial charge on any atom is 0.483 e. The summed E-state index contributed by atoms with van der Waals surface area (Å²) in [7, 11) is 0. The van der Waals surface area contributed by atoms with Crippen LogP contribution in [0.3, 0.4) is 0 Å². The van der Waals surface area contributed by atoms with E-state index in [1.54, 1.807) is 0 Å². The Morgan fingerprint density at radius 3 is 2.27 bits per heavy atom. The molecule has 1 aromatic carbocycles. The summed E-state index contributed by atoms with van der Waals surface area (Å²) in [6, 6.07) is 9.58. The second kappa shape index (κ2) is 3.89. The number of nitrogens with zero attached hydrogens (tertiary/aromatic N) is 1. The minimum atomic E-state index is -4.63. The van der Waals surface area contributed by atoms with Gasteiger partial charge in [-0.2, -0.15) is 0 Å². The topological polar surface area (TPSA) is 3.24 Å². The third-order valence-corrected chi connectivity index (χ3v) is 2.77. The van der Waals surface area contributed by atoms with Crippen molar-refractivity contribution in [2.45, 2.75) is 12.4 Å². The average Bonchev–Trinajstić information content (AvgIpc) is 2.10. The quantitative estimate of drug-likeness (QED) is 0.699. The Balaban J connectivity index is 1.82. The normalized spacial score (nSPS) is 18.9. The maximum absolute atomic E-state index is 12.2. The fourth-order valence-corrected chi connectivity index (χ4v) is 1.82. The zero-order chi connectivity index (χ0) is 10.9. The predicted molar refractivity (Wildman–Crippen MR) is 54.5 cm³/mol. The van der Waals surface area contributed by atoms with Gasteiger partial charge in [0.05, 0.1) is 0 Å². The zero-order valence-corrected chi connectivity index (χ0v) is 8.24. The highest BCUT2D eigenvalue weighted by molar-refractivity contribution is 6.60. The Hall–Kier alpha value is -0.965. The Labute approximate surface area is 86.9 Å². The van der Waals surface area contributed by atoms with E-state index in [9.17, 15) is 12.9 Å². The van der Waals surface area contributed by atoms with Gasteiger partial charge in [0.1, 0.15) is 0 Å². The van der Waals surface area contributed by atoms with Gasteiger partial charge >= 0.3 is 6.98 Å². The number of benzene rings is 1. The molecular formula is C10H12BF3N-. The first-order valence-corrected chi connectivity index (χ1v) is 5.02. The van der Waals surface area contributed by atoms with Crippen LogP contribution in [-0.4, -0.2) is 25.0 Å². The molecule has 0 unspecified atom stereocenters. The molecule has 1 heterocycles. The van der Waals surface area contributed by atoms with E-state index < -0.39 is 12.8 Å². The molecule has 1 nitrogen and oxygen atoms in total. The van der Waals surface area contributed by atoms with Gasteiger partial charge in [-0.3, -0.25) is 0 Å². The lowest BCUT2D eigenvalue weighted by Crippen LogP contribution is -2.50. The van der Waals surface area contributed by atoms with Gasteiger partial charge in [-0.25, -0.2) is 0 Å². The first kappa shape index (κ1) is 10.5. The molecule has 82 valence electrons. The lowest BCUT2D eigenvalue weighted by atomic mass is 9.68. The van der Waals surface area contributed by atoms with Crippen molar-refractivity contribution in [2.75, 3.05) is 13.1 Å². The summed E-state index contributed by atoms with van der Waals surface area (Å²) in [5.41, 5.74) is 1.07. The van der Waals surface area contributed by atoms with Crippen LogP contribution in [0.25, 0.3) is 0 Å². The molecule has 1 fully saturated rings. The van der Waals surface area contributed by atoms with Crippen LogP contribution in [0.15, 0.2) is 30.3 Å². The Bertz CT molecular complexity index is 319. The summed E-state index contributed by atoms with van der Waals surface area (Å²) in [6.07, 6.45) is 0. The van der Waals surface area contributed by atoms with E-state index in [0.717, 1.165) is 5.56 Å². The first-order valence-electron chi connectivity index (χ1n) is 5.02. The van der Waals surface area contributed by atoms with Gasteiger partial charge in [-0.1, -0.05) is 30.3 Å². The van der Waals surface area contributed by atoms with Gasteiger partial charge in [0.15, 0.2) is 0 Å². The monoisotopic (exact) mass is 214 g/mol. The third kappa shape index (κ3) is 2.53. The fourth-order valence-electron chi connectivity index (χ4n) is 1.82. The van der Waals surface area contributed by atoms with Gasteiger partial charge in [-0.15, -0.1) is 0 Å². The Morgan fingerprint density at radius 1 is 1.13 bits per heavy atom. The highest BCUT2D eigenvalue weighted by atomic mass is 19.4. The van der Waals surface area contributed by atoms with Crippen molar-refractivity contribution >= 4 is 6.98 Å². The largest absolute Gasteiger partial charge is 0.483 e.